The maximum Gasteiger partial charge on any atom is 0.317 e. The van der Waals surface area contributed by atoms with Crippen LogP contribution in [0.1, 0.15) is 11.4 Å². The van der Waals surface area contributed by atoms with Crippen LogP contribution in [0.25, 0.3) is 0 Å². The van der Waals surface area contributed by atoms with Gasteiger partial charge in [0.05, 0.1) is 23.4 Å². The van der Waals surface area contributed by atoms with Gasteiger partial charge in [-0.25, -0.2) is 9.78 Å². The number of thiazole rings is 1. The number of aromatic nitrogens is 3. The highest BCUT2D eigenvalue weighted by Crippen LogP contribution is 2.09. The summed E-state index contributed by atoms with van der Waals surface area (Å²) in [6.45, 7) is 4.65. The van der Waals surface area contributed by atoms with Crippen molar-refractivity contribution in [1.29, 1.82) is 0 Å². The zero-order valence-corrected chi connectivity index (χ0v) is 13.4. The summed E-state index contributed by atoms with van der Waals surface area (Å²) >= 11 is 1.62. The molecule has 1 N–H and O–H groups in total. The fourth-order valence-electron chi connectivity index (χ4n) is 2.51. The number of nitrogens with zero attached hydrogens (tertiary/aromatic N) is 5. The fraction of sp³-hybridized carbons (Fsp3) is 0.500. The predicted octanol–water partition coefficient (Wildman–Crippen LogP) is 0.904. The topological polar surface area (TPSA) is 66.3 Å². The van der Waals surface area contributed by atoms with Crippen LogP contribution in [0.4, 0.5) is 4.79 Å². The van der Waals surface area contributed by atoms with Gasteiger partial charge < -0.3 is 10.2 Å². The zero-order chi connectivity index (χ0) is 15.4. The third-order valence-corrected chi connectivity index (χ3v) is 4.51. The van der Waals surface area contributed by atoms with E-state index in [2.05, 4.69) is 25.7 Å². The molecule has 8 heteroatoms. The summed E-state index contributed by atoms with van der Waals surface area (Å²) in [6.07, 6.45) is 1.73. The molecule has 1 saturated heterocycles. The number of aryl methyl sites for hydroxylation is 1. The highest BCUT2D eigenvalue weighted by molar-refractivity contribution is 7.07. The molecule has 22 heavy (non-hydrogen) atoms. The van der Waals surface area contributed by atoms with Crippen molar-refractivity contribution in [3.05, 3.63) is 34.5 Å². The van der Waals surface area contributed by atoms with E-state index < -0.39 is 0 Å². The first kappa shape index (κ1) is 15.0. The van der Waals surface area contributed by atoms with Crippen LogP contribution < -0.4 is 5.32 Å². The lowest BCUT2D eigenvalue weighted by molar-refractivity contribution is 0.134. The quantitative estimate of drug-likeness (QED) is 0.909. The average molecular weight is 320 g/mol. The Morgan fingerprint density at radius 3 is 2.82 bits per heavy atom. The normalized spacial score (nSPS) is 16.0. The van der Waals surface area contributed by atoms with E-state index in [9.17, 15) is 4.79 Å². The first-order chi connectivity index (χ1) is 10.7. The van der Waals surface area contributed by atoms with E-state index in [1.807, 2.05) is 23.5 Å². The Labute approximate surface area is 133 Å². The van der Waals surface area contributed by atoms with Crippen molar-refractivity contribution in [2.75, 3.05) is 26.2 Å². The molecule has 0 spiro atoms. The molecule has 0 bridgehead atoms. The maximum atomic E-state index is 12.2. The third kappa shape index (κ3) is 3.63. The molecule has 2 aromatic heterocycles. The molecule has 2 amide bonds. The zero-order valence-electron chi connectivity index (χ0n) is 12.6. The van der Waals surface area contributed by atoms with Gasteiger partial charge in [0.25, 0.3) is 0 Å². The lowest BCUT2D eigenvalue weighted by Gasteiger charge is -2.34. The van der Waals surface area contributed by atoms with Gasteiger partial charge in [0.15, 0.2) is 0 Å². The van der Waals surface area contributed by atoms with Crippen LogP contribution in [0.3, 0.4) is 0 Å². The van der Waals surface area contributed by atoms with Gasteiger partial charge in [0.2, 0.25) is 0 Å². The molecule has 118 valence electrons. The molecular formula is C14H20N6OS. The summed E-state index contributed by atoms with van der Waals surface area (Å²) < 4.78 is 1.77. The van der Waals surface area contributed by atoms with Crippen molar-refractivity contribution in [2.24, 2.45) is 7.05 Å². The number of urea groups is 1. The highest BCUT2D eigenvalue weighted by Gasteiger charge is 2.21. The number of carbonyl (C=O) groups is 1. The Balaban J connectivity index is 1.42. The van der Waals surface area contributed by atoms with E-state index in [0.717, 1.165) is 44.1 Å². The fourth-order valence-corrected chi connectivity index (χ4v) is 3.06. The van der Waals surface area contributed by atoms with Crippen molar-refractivity contribution in [2.45, 2.75) is 13.1 Å². The van der Waals surface area contributed by atoms with Crippen LogP contribution >= 0.6 is 11.3 Å². The van der Waals surface area contributed by atoms with Gasteiger partial charge in [-0.15, -0.1) is 11.3 Å². The van der Waals surface area contributed by atoms with Crippen molar-refractivity contribution in [1.82, 2.24) is 29.9 Å². The molecule has 7 nitrogen and oxygen atoms in total. The molecule has 3 rings (SSSR count). The number of amides is 2. The Bertz CT molecular complexity index is 603. The number of carbonyl (C=O) groups excluding carboxylic acids is 1. The monoisotopic (exact) mass is 320 g/mol. The van der Waals surface area contributed by atoms with Crippen molar-refractivity contribution < 1.29 is 4.79 Å². The first-order valence-corrected chi connectivity index (χ1v) is 8.26. The van der Waals surface area contributed by atoms with Crippen molar-refractivity contribution in [3.63, 3.8) is 0 Å². The van der Waals surface area contributed by atoms with Crippen LogP contribution in [-0.2, 0) is 20.1 Å². The van der Waals surface area contributed by atoms with Gasteiger partial charge in [0, 0.05) is 51.3 Å². The highest BCUT2D eigenvalue weighted by atomic mass is 32.1. The molecule has 0 atom stereocenters. The van der Waals surface area contributed by atoms with Gasteiger partial charge in [-0.2, -0.15) is 5.10 Å². The SMILES string of the molecule is Cn1nccc1CNC(=O)N1CCN(Cc2cscn2)CC1. The first-order valence-electron chi connectivity index (χ1n) is 7.31. The minimum Gasteiger partial charge on any atom is -0.332 e. The summed E-state index contributed by atoms with van der Waals surface area (Å²) in [5.74, 6) is 0. The second-order valence-corrected chi connectivity index (χ2v) is 6.07. The third-order valence-electron chi connectivity index (χ3n) is 3.87. The number of nitrogens with one attached hydrogen (secondary N) is 1. The summed E-state index contributed by atoms with van der Waals surface area (Å²) in [5.41, 5.74) is 3.96. The second-order valence-electron chi connectivity index (χ2n) is 5.35. The Morgan fingerprint density at radius 1 is 1.36 bits per heavy atom. The molecule has 1 aliphatic rings. The lowest BCUT2D eigenvalue weighted by atomic mass is 10.3. The van der Waals surface area contributed by atoms with Crippen LogP contribution in [0, 0.1) is 0 Å². The summed E-state index contributed by atoms with van der Waals surface area (Å²) in [6, 6.07) is 1.90. The molecule has 1 fully saturated rings. The maximum absolute atomic E-state index is 12.2. The van der Waals surface area contributed by atoms with Crippen LogP contribution in [0.5, 0.6) is 0 Å². The molecule has 0 unspecified atom stereocenters. The van der Waals surface area contributed by atoms with Gasteiger partial charge in [-0.3, -0.25) is 9.58 Å². The number of rotatable bonds is 4. The minimum atomic E-state index is -0.00508. The summed E-state index contributed by atoms with van der Waals surface area (Å²) in [7, 11) is 1.87. The van der Waals surface area contributed by atoms with E-state index in [4.69, 9.17) is 0 Å². The summed E-state index contributed by atoms with van der Waals surface area (Å²) in [4.78, 5) is 20.7. The number of hydrogen-bond donors (Lipinski definition) is 1. The van der Waals surface area contributed by atoms with E-state index >= 15 is 0 Å². The lowest BCUT2D eigenvalue weighted by Crippen LogP contribution is -2.51. The Kier molecular flexibility index (Phi) is 4.69. The van der Waals surface area contributed by atoms with Gasteiger partial charge in [-0.05, 0) is 6.07 Å². The Morgan fingerprint density at radius 2 is 2.18 bits per heavy atom. The predicted molar refractivity (Wildman–Crippen MR) is 84.4 cm³/mol. The molecular weight excluding hydrogens is 300 g/mol. The smallest absolute Gasteiger partial charge is 0.317 e. The van der Waals surface area contributed by atoms with E-state index in [1.54, 1.807) is 22.2 Å². The van der Waals surface area contributed by atoms with Crippen molar-refractivity contribution in [3.8, 4) is 0 Å². The number of hydrogen-bond acceptors (Lipinski definition) is 5. The molecule has 0 aromatic carbocycles. The van der Waals surface area contributed by atoms with Crippen molar-refractivity contribution >= 4 is 17.4 Å². The van der Waals surface area contributed by atoms with Crippen LogP contribution in [0.15, 0.2) is 23.2 Å². The van der Waals surface area contributed by atoms with Gasteiger partial charge in [0.1, 0.15) is 0 Å². The second kappa shape index (κ2) is 6.89. The van der Waals surface area contributed by atoms with E-state index in [-0.39, 0.29) is 6.03 Å². The molecule has 2 aromatic rings. The minimum absolute atomic E-state index is 0.00508. The molecule has 1 aliphatic heterocycles. The largest absolute Gasteiger partial charge is 0.332 e. The number of piperazine rings is 1. The van der Waals surface area contributed by atoms with Crippen LogP contribution in [0.2, 0.25) is 0 Å². The standard InChI is InChI=1S/C14H20N6OS/c1-18-13(2-3-17-18)8-15-14(21)20-6-4-19(5-7-20)9-12-10-22-11-16-12/h2-3,10-11H,4-9H2,1H3,(H,15,21). The van der Waals surface area contributed by atoms with Gasteiger partial charge in [-0.1, -0.05) is 0 Å². The molecule has 3 heterocycles. The van der Waals surface area contributed by atoms with E-state index in [1.165, 1.54) is 0 Å². The molecule has 0 saturated carbocycles. The molecule has 0 radical (unpaired) electrons. The Hall–Kier alpha value is -1.93. The average Bonchev–Trinajstić information content (AvgIpc) is 3.17. The van der Waals surface area contributed by atoms with Crippen LogP contribution in [-0.4, -0.2) is 56.8 Å². The molecule has 0 aliphatic carbocycles. The van der Waals surface area contributed by atoms with E-state index in [0.29, 0.717) is 6.54 Å². The summed E-state index contributed by atoms with van der Waals surface area (Å²) in [5, 5.41) is 9.12. The van der Waals surface area contributed by atoms with Gasteiger partial charge >= 0.3 is 6.03 Å².